The molecule has 0 N–H and O–H groups in total. The molecule has 0 aromatic carbocycles. The third-order valence-corrected chi connectivity index (χ3v) is 5.28. The summed E-state index contributed by atoms with van der Waals surface area (Å²) in [6.45, 7) is 3.02. The van der Waals surface area contributed by atoms with Gasteiger partial charge in [-0.25, -0.2) is 0 Å². The maximum absolute atomic E-state index is 11.0. The van der Waals surface area contributed by atoms with Crippen LogP contribution >= 0.6 is 7.82 Å². The fraction of sp³-hybridized carbons (Fsp3) is 0.520. The van der Waals surface area contributed by atoms with Crippen LogP contribution in [0.15, 0.2) is 72.9 Å². The largest absolute Gasteiger partial charge is 1.00 e. The van der Waals surface area contributed by atoms with E-state index >= 15 is 0 Å². The van der Waals surface area contributed by atoms with E-state index in [4.69, 9.17) is 9.26 Å². The normalized spacial score (nSPS) is 22.0. The Labute approximate surface area is 216 Å². The zero-order valence-electron chi connectivity index (χ0n) is 19.8. The maximum atomic E-state index is 11.0. The van der Waals surface area contributed by atoms with Crippen LogP contribution in [0.3, 0.4) is 0 Å². The van der Waals surface area contributed by atoms with Gasteiger partial charge in [-0.05, 0) is 51.4 Å². The molecule has 1 fully saturated rings. The van der Waals surface area contributed by atoms with Crippen LogP contribution in [0, 0.1) is 0 Å². The molecule has 0 radical (unpaired) electrons. The van der Waals surface area contributed by atoms with Gasteiger partial charge < -0.3 is 18.7 Å². The van der Waals surface area contributed by atoms with Crippen molar-refractivity contribution in [2.24, 2.45) is 0 Å². The minimum absolute atomic E-state index is 0. The Morgan fingerprint density at radius 3 is 1.75 bits per heavy atom. The number of unbranched alkanes of at least 4 members (excludes halogenated alkanes) is 1. The minimum Gasteiger partial charge on any atom is -0.756 e. The number of allylic oxidation sites excluding steroid dienone is 12. The van der Waals surface area contributed by atoms with Crippen molar-refractivity contribution in [3.8, 4) is 0 Å². The molecule has 0 amide bonds. The number of hydrogen-bond acceptors (Lipinski definition) is 5. The van der Waals surface area contributed by atoms with Crippen LogP contribution in [0.1, 0.15) is 58.3 Å². The molecule has 0 aromatic heterocycles. The molecule has 1 saturated heterocycles. The van der Waals surface area contributed by atoms with Gasteiger partial charge in [0.15, 0.2) is 0 Å². The van der Waals surface area contributed by atoms with Crippen molar-refractivity contribution in [1.29, 1.82) is 0 Å². The monoisotopic (exact) mass is 472 g/mol. The van der Waals surface area contributed by atoms with Gasteiger partial charge in [0.05, 0.1) is 13.2 Å². The van der Waals surface area contributed by atoms with E-state index in [-0.39, 0.29) is 42.8 Å². The molecule has 1 heterocycles. The van der Waals surface area contributed by atoms with E-state index in [2.05, 4.69) is 84.4 Å². The van der Waals surface area contributed by atoms with Crippen LogP contribution in [0.5, 0.6) is 0 Å². The SMILES string of the molecule is CC/C=C/C/C=C/C/C=C/C/C=C/C/C=C/C/C=C/CCCOCC1COP(=O)([O-])O1.[Na+]. The van der Waals surface area contributed by atoms with Crippen molar-refractivity contribution >= 4 is 7.82 Å². The average Bonchev–Trinajstić information content (AvgIpc) is 3.10. The summed E-state index contributed by atoms with van der Waals surface area (Å²) in [6, 6.07) is 0. The summed E-state index contributed by atoms with van der Waals surface area (Å²) < 4.78 is 25.6. The summed E-state index contributed by atoms with van der Waals surface area (Å²) in [5.74, 6) is 0. The smallest absolute Gasteiger partial charge is 0.756 e. The molecular weight excluding hydrogens is 434 g/mol. The third-order valence-electron chi connectivity index (χ3n) is 4.26. The first-order chi connectivity index (χ1) is 15.1. The number of phosphoric ester groups is 1. The quantitative estimate of drug-likeness (QED) is 0.141. The first-order valence-electron chi connectivity index (χ1n) is 11.3. The zero-order valence-corrected chi connectivity index (χ0v) is 22.7. The van der Waals surface area contributed by atoms with Crippen LogP contribution in [0.4, 0.5) is 0 Å². The minimum atomic E-state index is -4.06. The molecule has 0 aromatic rings. The Morgan fingerprint density at radius 1 is 0.844 bits per heavy atom. The van der Waals surface area contributed by atoms with Gasteiger partial charge in [0, 0.05) is 6.61 Å². The van der Waals surface area contributed by atoms with E-state index < -0.39 is 13.9 Å². The molecule has 0 aliphatic carbocycles. The molecule has 1 rings (SSSR count). The number of phosphoric acid groups is 1. The molecule has 1 aliphatic heterocycles. The molecule has 2 unspecified atom stereocenters. The van der Waals surface area contributed by atoms with Gasteiger partial charge in [0.2, 0.25) is 0 Å². The van der Waals surface area contributed by atoms with Gasteiger partial charge in [0.25, 0.3) is 7.82 Å². The van der Waals surface area contributed by atoms with Crippen molar-refractivity contribution < 1.29 is 52.8 Å². The molecule has 5 nitrogen and oxygen atoms in total. The van der Waals surface area contributed by atoms with Crippen molar-refractivity contribution in [2.75, 3.05) is 19.8 Å². The van der Waals surface area contributed by atoms with E-state index in [0.717, 1.165) is 51.4 Å². The predicted molar refractivity (Wildman–Crippen MR) is 127 cm³/mol. The van der Waals surface area contributed by atoms with Crippen LogP contribution in [0.2, 0.25) is 0 Å². The summed E-state index contributed by atoms with van der Waals surface area (Å²) in [6.07, 6.45) is 33.6. The first-order valence-corrected chi connectivity index (χ1v) is 12.7. The summed E-state index contributed by atoms with van der Waals surface area (Å²) >= 11 is 0. The van der Waals surface area contributed by atoms with Gasteiger partial charge in [0.1, 0.15) is 6.10 Å². The van der Waals surface area contributed by atoms with Crippen molar-refractivity contribution in [2.45, 2.75) is 64.4 Å². The first kappa shape index (κ1) is 31.5. The van der Waals surface area contributed by atoms with Gasteiger partial charge in [-0.15, -0.1) is 0 Å². The van der Waals surface area contributed by atoms with E-state index in [1.54, 1.807) is 0 Å². The number of rotatable bonds is 17. The zero-order chi connectivity index (χ0) is 22.5. The van der Waals surface area contributed by atoms with Crippen molar-refractivity contribution in [3.63, 3.8) is 0 Å². The maximum Gasteiger partial charge on any atom is 1.00 e. The van der Waals surface area contributed by atoms with Crippen LogP contribution in [-0.4, -0.2) is 25.9 Å². The standard InChI is InChI=1S/C25H39O5P.Na/c1-2-3-4-5-6-7-8-9-10-11-12-13-14-15-16-17-18-19-20-21-22-28-23-25-24-29-31(26,27)30-25;/h3-4,6-7,9-10,12-13,15-16,18-19,25H,2,5,8,11,14,17,20-24H2,1H3,(H,26,27);/q;+1/p-1/b4-3+,7-6+,10-9+,13-12+,16-15+,19-18+;. The molecule has 7 heteroatoms. The summed E-state index contributed by atoms with van der Waals surface area (Å²) in [5.41, 5.74) is 0. The fourth-order valence-electron chi connectivity index (χ4n) is 2.65. The van der Waals surface area contributed by atoms with Crippen molar-refractivity contribution in [3.05, 3.63) is 72.9 Å². The van der Waals surface area contributed by atoms with Gasteiger partial charge >= 0.3 is 29.6 Å². The average molecular weight is 473 g/mol. The van der Waals surface area contributed by atoms with Crippen molar-refractivity contribution in [1.82, 2.24) is 0 Å². The number of hydrogen-bond donors (Lipinski definition) is 0. The van der Waals surface area contributed by atoms with Gasteiger partial charge in [-0.1, -0.05) is 79.8 Å². The van der Waals surface area contributed by atoms with Gasteiger partial charge in [-0.3, -0.25) is 4.57 Å². The summed E-state index contributed by atoms with van der Waals surface area (Å²) in [5, 5.41) is 0. The van der Waals surface area contributed by atoms with Crippen LogP contribution < -0.4 is 34.5 Å². The summed E-state index contributed by atoms with van der Waals surface area (Å²) in [4.78, 5) is 11.0. The predicted octanol–water partition coefficient (Wildman–Crippen LogP) is 3.37. The van der Waals surface area contributed by atoms with E-state index in [1.165, 1.54) is 0 Å². The molecular formula is C25H38NaO5P. The Balaban J connectivity index is 0.00000961. The Kier molecular flexibility index (Phi) is 22.0. The van der Waals surface area contributed by atoms with Crippen LogP contribution in [0.25, 0.3) is 0 Å². The second-order valence-corrected chi connectivity index (χ2v) is 8.47. The second-order valence-electron chi connectivity index (χ2n) is 7.10. The van der Waals surface area contributed by atoms with E-state index in [1.807, 2.05) is 0 Å². The molecule has 174 valence electrons. The van der Waals surface area contributed by atoms with Gasteiger partial charge in [-0.2, -0.15) is 0 Å². The Hall–Kier alpha value is -0.490. The number of ether oxygens (including phenoxy) is 1. The third kappa shape index (κ3) is 20.1. The molecule has 0 spiro atoms. The topological polar surface area (TPSA) is 67.8 Å². The Bertz CT molecular complexity index is 667. The molecule has 1 aliphatic rings. The fourth-order valence-corrected chi connectivity index (χ4v) is 3.55. The second kappa shape index (κ2) is 22.3. The van der Waals surface area contributed by atoms with Crippen LogP contribution in [-0.2, 0) is 18.3 Å². The van der Waals surface area contributed by atoms with E-state index in [0.29, 0.717) is 6.61 Å². The molecule has 0 bridgehead atoms. The summed E-state index contributed by atoms with van der Waals surface area (Å²) in [7, 11) is -4.06. The molecule has 2 atom stereocenters. The molecule has 0 saturated carbocycles. The Morgan fingerprint density at radius 2 is 1.31 bits per heavy atom. The molecule has 32 heavy (non-hydrogen) atoms. The van der Waals surface area contributed by atoms with E-state index in [9.17, 15) is 9.46 Å².